The molecule has 0 aliphatic carbocycles. The van der Waals surface area contributed by atoms with Gasteiger partial charge < -0.3 is 4.42 Å². The highest BCUT2D eigenvalue weighted by Gasteiger charge is 2.24. The Morgan fingerprint density at radius 3 is 1.28 bits per heavy atom. The molecule has 0 saturated carbocycles. The fourth-order valence-electron chi connectivity index (χ4n) is 10.9. The van der Waals surface area contributed by atoms with Gasteiger partial charge in [-0.05, 0) is 124 Å². The van der Waals surface area contributed by atoms with E-state index >= 15 is 0 Å². The van der Waals surface area contributed by atoms with Gasteiger partial charge in [0.1, 0.15) is 11.2 Å². The molecule has 3 heteroatoms. The average Bonchev–Trinajstić information content (AvgIpc) is 3.78. The maximum absolute atomic E-state index is 6.50. The van der Waals surface area contributed by atoms with Crippen molar-refractivity contribution in [2.45, 2.75) is 0 Å². The number of hydrogen-bond acceptors (Lipinski definition) is 3. The van der Waals surface area contributed by atoms with Crippen LogP contribution in [-0.4, -0.2) is 9.97 Å². The predicted molar refractivity (Wildman–Crippen MR) is 289 cm³/mol. The van der Waals surface area contributed by atoms with E-state index in [1.54, 1.807) is 0 Å². The minimum absolute atomic E-state index is 0.688. The smallest absolute Gasteiger partial charge is 0.160 e. The van der Waals surface area contributed by atoms with Crippen LogP contribution >= 0.6 is 0 Å². The van der Waals surface area contributed by atoms with Crippen molar-refractivity contribution in [1.82, 2.24) is 9.97 Å². The van der Waals surface area contributed by atoms with E-state index in [2.05, 4.69) is 237 Å². The number of fused-ring (bicyclic) bond motifs is 8. The Balaban J connectivity index is 1.03. The predicted octanol–water partition coefficient (Wildman–Crippen LogP) is 18.1. The Morgan fingerprint density at radius 2 is 0.681 bits per heavy atom. The average molecular weight is 877 g/mol. The highest BCUT2D eigenvalue weighted by molar-refractivity contribution is 6.30. The second kappa shape index (κ2) is 15.7. The Kier molecular flexibility index (Phi) is 8.90. The molecule has 320 valence electrons. The van der Waals surface area contributed by atoms with Crippen molar-refractivity contribution >= 4 is 75.8 Å². The van der Waals surface area contributed by atoms with Crippen LogP contribution in [0, 0.1) is 0 Å². The molecule has 0 unspecified atom stereocenters. The molecule has 14 rings (SSSR count). The van der Waals surface area contributed by atoms with Gasteiger partial charge in [0.25, 0.3) is 0 Å². The van der Waals surface area contributed by atoms with Gasteiger partial charge in [0.05, 0.1) is 11.4 Å². The van der Waals surface area contributed by atoms with Gasteiger partial charge in [-0.15, -0.1) is 0 Å². The van der Waals surface area contributed by atoms with Crippen molar-refractivity contribution in [3.63, 3.8) is 0 Å². The summed E-state index contributed by atoms with van der Waals surface area (Å²) in [5, 5.41) is 14.0. The maximum Gasteiger partial charge on any atom is 0.160 e. The second-order valence-electron chi connectivity index (χ2n) is 18.0. The van der Waals surface area contributed by atoms with Crippen molar-refractivity contribution in [2.24, 2.45) is 0 Å². The zero-order valence-electron chi connectivity index (χ0n) is 37.4. The van der Waals surface area contributed by atoms with Crippen molar-refractivity contribution in [1.29, 1.82) is 0 Å². The number of benzene rings is 12. The van der Waals surface area contributed by atoms with Crippen LogP contribution in [0.1, 0.15) is 0 Å². The van der Waals surface area contributed by atoms with Crippen LogP contribution in [0.3, 0.4) is 0 Å². The molecule has 0 aliphatic rings. The highest BCUT2D eigenvalue weighted by Crippen LogP contribution is 2.50. The third kappa shape index (κ3) is 6.36. The fraction of sp³-hybridized carbons (Fsp3) is 0. The lowest BCUT2D eigenvalue weighted by Gasteiger charge is -2.22. The van der Waals surface area contributed by atoms with Gasteiger partial charge >= 0.3 is 0 Å². The normalized spacial score (nSPS) is 11.8. The highest BCUT2D eigenvalue weighted by atomic mass is 16.3. The summed E-state index contributed by atoms with van der Waals surface area (Å²) in [4.78, 5) is 10.7. The van der Waals surface area contributed by atoms with E-state index in [4.69, 9.17) is 14.4 Å². The molecule has 0 atom stereocenters. The number of hydrogen-bond donors (Lipinski definition) is 0. The summed E-state index contributed by atoms with van der Waals surface area (Å²) in [6, 6.07) is 87.1. The van der Waals surface area contributed by atoms with Crippen molar-refractivity contribution in [3.8, 4) is 67.3 Å². The monoisotopic (exact) mass is 876 g/mol. The van der Waals surface area contributed by atoms with E-state index in [-0.39, 0.29) is 0 Å². The molecular weight excluding hydrogens is 837 g/mol. The molecule has 0 amide bonds. The molecule has 0 saturated heterocycles. The molecule has 2 heterocycles. The molecule has 3 nitrogen and oxygen atoms in total. The minimum atomic E-state index is 0.688. The lowest BCUT2D eigenvalue weighted by Crippen LogP contribution is -1.98. The van der Waals surface area contributed by atoms with Crippen molar-refractivity contribution < 1.29 is 4.42 Å². The van der Waals surface area contributed by atoms with Crippen LogP contribution in [0.25, 0.3) is 143 Å². The maximum atomic E-state index is 6.50. The van der Waals surface area contributed by atoms with Crippen molar-refractivity contribution in [2.75, 3.05) is 0 Å². The summed E-state index contributed by atoms with van der Waals surface area (Å²) in [5.74, 6) is 0.688. The number of rotatable bonds is 6. The number of aromatic nitrogens is 2. The summed E-state index contributed by atoms with van der Waals surface area (Å²) in [6.07, 6.45) is 0. The zero-order valence-corrected chi connectivity index (χ0v) is 37.4. The molecule has 12 aromatic carbocycles. The first-order valence-electron chi connectivity index (χ1n) is 23.6. The minimum Gasteiger partial charge on any atom is -0.456 e. The van der Waals surface area contributed by atoms with E-state index in [0.717, 1.165) is 71.9 Å². The fourth-order valence-corrected chi connectivity index (χ4v) is 10.9. The van der Waals surface area contributed by atoms with E-state index in [0.29, 0.717) is 5.82 Å². The summed E-state index contributed by atoms with van der Waals surface area (Å²) >= 11 is 0. The molecule has 0 aliphatic heterocycles. The van der Waals surface area contributed by atoms with Crippen LogP contribution in [0.5, 0.6) is 0 Å². The van der Waals surface area contributed by atoms with Gasteiger partial charge in [-0.25, -0.2) is 9.97 Å². The van der Waals surface area contributed by atoms with Gasteiger partial charge in [-0.1, -0.05) is 206 Å². The van der Waals surface area contributed by atoms with Crippen LogP contribution in [0.4, 0.5) is 0 Å². The SMILES string of the molecule is c1ccc(-c2cccc(-c3cc(-c4c5ccccc5c(-c5c6ccccc6c(-c6ccc7oc8cc9ccccc9cc8c7c6)c6ccccc56)c5ccccc45)nc(-c4ccccc4)n3)c2)cc1. The molecule has 2 aromatic heterocycles. The first-order valence-corrected chi connectivity index (χ1v) is 23.6. The lowest BCUT2D eigenvalue weighted by molar-refractivity contribution is 0.669. The van der Waals surface area contributed by atoms with Crippen LogP contribution in [0.15, 0.2) is 247 Å². The molecule has 0 fully saturated rings. The number of furan rings is 1. The Morgan fingerprint density at radius 1 is 0.232 bits per heavy atom. The van der Waals surface area contributed by atoms with Crippen LogP contribution in [-0.2, 0) is 0 Å². The van der Waals surface area contributed by atoms with E-state index in [9.17, 15) is 0 Å². The van der Waals surface area contributed by atoms with Crippen LogP contribution < -0.4 is 0 Å². The Hall–Kier alpha value is -9.18. The Bertz CT molecular complexity index is 4250. The van der Waals surface area contributed by atoms with E-state index in [1.807, 2.05) is 6.07 Å². The third-order valence-electron chi connectivity index (χ3n) is 14.0. The standard InChI is InChI=1S/C66H40N2O/c1-3-18-41(19-4-1)43-24-17-25-46(36-43)58-40-59(68-66(67-58)42-20-5-2-6-21-42)63-50-28-11-15-32-54(50)65(55-33-16-12-29-51(55)63)64-52-30-13-9-26-48(52)62(49-27-10-14-31-53(49)64)47-34-35-60-56(38-47)57-37-44-22-7-8-23-45(44)39-61(57)69-60/h1-40H. The molecule has 0 N–H and O–H groups in total. The van der Waals surface area contributed by atoms with Gasteiger partial charge in [-0.2, -0.15) is 0 Å². The summed E-state index contributed by atoms with van der Waals surface area (Å²) in [5.41, 5.74) is 13.7. The first-order chi connectivity index (χ1) is 34.2. The molecule has 69 heavy (non-hydrogen) atoms. The first kappa shape index (κ1) is 39.0. The third-order valence-corrected chi connectivity index (χ3v) is 14.0. The van der Waals surface area contributed by atoms with Gasteiger partial charge in [0.2, 0.25) is 0 Å². The van der Waals surface area contributed by atoms with E-state index in [1.165, 1.54) is 65.3 Å². The molecule has 0 spiro atoms. The van der Waals surface area contributed by atoms with Gasteiger partial charge in [0, 0.05) is 27.5 Å². The quantitative estimate of drug-likeness (QED) is 0.156. The molecule has 0 bridgehead atoms. The van der Waals surface area contributed by atoms with Crippen molar-refractivity contribution in [3.05, 3.63) is 243 Å². The molecule has 0 radical (unpaired) electrons. The van der Waals surface area contributed by atoms with Gasteiger partial charge in [-0.3, -0.25) is 0 Å². The van der Waals surface area contributed by atoms with Gasteiger partial charge in [0.15, 0.2) is 5.82 Å². The van der Waals surface area contributed by atoms with Crippen LogP contribution in [0.2, 0.25) is 0 Å². The summed E-state index contributed by atoms with van der Waals surface area (Å²) in [6.45, 7) is 0. The second-order valence-corrected chi connectivity index (χ2v) is 18.0. The Labute approximate surface area is 398 Å². The van der Waals surface area contributed by atoms with E-state index < -0.39 is 0 Å². The lowest BCUT2D eigenvalue weighted by atomic mass is 9.81. The summed E-state index contributed by atoms with van der Waals surface area (Å²) < 4.78 is 6.50. The zero-order chi connectivity index (χ0) is 45.4. The topological polar surface area (TPSA) is 38.9 Å². The molecular formula is C66H40N2O. The summed E-state index contributed by atoms with van der Waals surface area (Å²) in [7, 11) is 0. The number of nitrogens with zero attached hydrogens (tertiary/aromatic N) is 2. The largest absolute Gasteiger partial charge is 0.456 e. The molecule has 14 aromatic rings.